The molecule has 0 bridgehead atoms. The van der Waals surface area contributed by atoms with Gasteiger partial charge in [-0.3, -0.25) is 4.72 Å². The number of hydrogen-bond acceptors (Lipinski definition) is 4. The Hall–Kier alpha value is -1.08. The molecule has 0 radical (unpaired) electrons. The summed E-state index contributed by atoms with van der Waals surface area (Å²) in [6.07, 6.45) is 6.22. The van der Waals surface area contributed by atoms with Gasteiger partial charge in [-0.05, 0) is 96.8 Å². The highest BCUT2D eigenvalue weighted by molar-refractivity contribution is 7.94. The molecule has 0 aliphatic heterocycles. The first-order chi connectivity index (χ1) is 13.6. The van der Waals surface area contributed by atoms with Gasteiger partial charge in [0.15, 0.2) is 9.84 Å². The second-order valence-electron chi connectivity index (χ2n) is 10.7. The van der Waals surface area contributed by atoms with Gasteiger partial charge in [0.2, 0.25) is 10.0 Å². The average molecular weight is 458 g/mol. The molecule has 7 heteroatoms. The zero-order valence-electron chi connectivity index (χ0n) is 19.4. The van der Waals surface area contributed by atoms with Crippen LogP contribution in [0.15, 0.2) is 24.3 Å². The number of anilines is 1. The van der Waals surface area contributed by atoms with E-state index in [9.17, 15) is 16.8 Å². The molecule has 0 saturated heterocycles. The Bertz CT molecular complexity index is 897. The lowest BCUT2D eigenvalue weighted by atomic mass is 9.80. The number of hydrogen-bond donors (Lipinski definition) is 1. The maximum Gasteiger partial charge on any atom is 0.237 e. The fourth-order valence-electron chi connectivity index (χ4n) is 3.67. The van der Waals surface area contributed by atoms with Crippen LogP contribution in [0.5, 0.6) is 0 Å². The molecule has 0 unspecified atom stereocenters. The van der Waals surface area contributed by atoms with Crippen molar-refractivity contribution in [2.24, 2.45) is 11.8 Å². The van der Waals surface area contributed by atoms with E-state index in [2.05, 4.69) is 4.72 Å². The average Bonchev–Trinajstić information content (AvgIpc) is 2.60. The van der Waals surface area contributed by atoms with Crippen LogP contribution >= 0.6 is 0 Å². The Kier molecular flexibility index (Phi) is 7.71. The highest BCUT2D eigenvalue weighted by Gasteiger charge is 2.33. The largest absolute Gasteiger partial charge is 0.283 e. The summed E-state index contributed by atoms with van der Waals surface area (Å²) < 4.78 is 50.5. The minimum absolute atomic E-state index is 0.292. The van der Waals surface area contributed by atoms with E-state index in [1.165, 1.54) is 5.56 Å². The maximum atomic E-state index is 12.4. The van der Waals surface area contributed by atoms with Crippen LogP contribution in [0.4, 0.5) is 5.69 Å². The summed E-state index contributed by atoms with van der Waals surface area (Å²) >= 11 is 0. The molecule has 0 amide bonds. The summed E-state index contributed by atoms with van der Waals surface area (Å²) in [5.41, 5.74) is 1.79. The first kappa shape index (κ1) is 25.2. The van der Waals surface area contributed by atoms with Crippen molar-refractivity contribution in [2.45, 2.75) is 89.6 Å². The lowest BCUT2D eigenvalue weighted by molar-refractivity contribution is 0.278. The Morgan fingerprint density at radius 3 is 1.77 bits per heavy atom. The molecule has 30 heavy (non-hydrogen) atoms. The molecule has 1 aliphatic carbocycles. The van der Waals surface area contributed by atoms with Crippen LogP contribution < -0.4 is 4.72 Å². The van der Waals surface area contributed by atoms with Crippen molar-refractivity contribution in [1.29, 1.82) is 0 Å². The molecule has 0 aromatic heterocycles. The standard InChI is InChI=1S/C23H39NO4S2/c1-22(2,3)29(25,26)17-20-11-9-18(10-12-20)7-8-19-13-15-21(16-14-19)24-30(27,28)23(4,5)6/h13-16,18,20,24H,7-12,17H2,1-6H3. The lowest BCUT2D eigenvalue weighted by Crippen LogP contribution is -2.34. The van der Waals surface area contributed by atoms with Gasteiger partial charge in [0.05, 0.1) is 15.2 Å². The Balaban J connectivity index is 1.81. The third kappa shape index (κ3) is 6.71. The first-order valence-electron chi connectivity index (χ1n) is 10.9. The van der Waals surface area contributed by atoms with Crippen LogP contribution in [-0.4, -0.2) is 32.1 Å². The van der Waals surface area contributed by atoms with Gasteiger partial charge < -0.3 is 0 Å². The van der Waals surface area contributed by atoms with Crippen LogP contribution in [-0.2, 0) is 26.3 Å². The first-order valence-corrected chi connectivity index (χ1v) is 14.1. The molecule has 2 rings (SSSR count). The van der Waals surface area contributed by atoms with Crippen LogP contribution in [0, 0.1) is 11.8 Å². The van der Waals surface area contributed by atoms with Crippen molar-refractivity contribution >= 4 is 25.5 Å². The van der Waals surface area contributed by atoms with Crippen molar-refractivity contribution in [3.05, 3.63) is 29.8 Å². The van der Waals surface area contributed by atoms with Crippen molar-refractivity contribution in [2.75, 3.05) is 10.5 Å². The Morgan fingerprint density at radius 1 is 0.800 bits per heavy atom. The molecule has 0 heterocycles. The molecule has 0 spiro atoms. The quantitative estimate of drug-likeness (QED) is 0.612. The van der Waals surface area contributed by atoms with Crippen molar-refractivity contribution in [3.8, 4) is 0 Å². The summed E-state index contributed by atoms with van der Waals surface area (Å²) in [4.78, 5) is 0. The van der Waals surface area contributed by atoms with Gasteiger partial charge in [0.1, 0.15) is 0 Å². The minimum Gasteiger partial charge on any atom is -0.283 e. The van der Waals surface area contributed by atoms with Gasteiger partial charge in [0, 0.05) is 5.69 Å². The van der Waals surface area contributed by atoms with Crippen molar-refractivity contribution < 1.29 is 16.8 Å². The summed E-state index contributed by atoms with van der Waals surface area (Å²) in [5.74, 6) is 1.24. The fraction of sp³-hybridized carbons (Fsp3) is 0.739. The van der Waals surface area contributed by atoms with Crippen LogP contribution in [0.25, 0.3) is 0 Å². The maximum absolute atomic E-state index is 12.4. The van der Waals surface area contributed by atoms with E-state index in [0.717, 1.165) is 38.5 Å². The highest BCUT2D eigenvalue weighted by Crippen LogP contribution is 2.34. The zero-order valence-corrected chi connectivity index (χ0v) is 21.0. The van der Waals surface area contributed by atoms with E-state index < -0.39 is 29.4 Å². The van der Waals surface area contributed by atoms with Gasteiger partial charge in [0.25, 0.3) is 0 Å². The fourth-order valence-corrected chi connectivity index (χ4v) is 5.87. The predicted octanol–water partition coefficient (Wildman–Crippen LogP) is 5.18. The monoisotopic (exact) mass is 457 g/mol. The van der Waals surface area contributed by atoms with Gasteiger partial charge >= 0.3 is 0 Å². The normalized spacial score (nSPS) is 21.4. The number of rotatable bonds is 7. The number of aryl methyl sites for hydroxylation is 1. The molecule has 1 fully saturated rings. The van der Waals surface area contributed by atoms with Gasteiger partial charge in [-0.1, -0.05) is 25.0 Å². The molecule has 5 nitrogen and oxygen atoms in total. The molecule has 0 atom stereocenters. The number of sulfone groups is 1. The molecule has 1 N–H and O–H groups in total. The van der Waals surface area contributed by atoms with Crippen LogP contribution in [0.2, 0.25) is 0 Å². The molecule has 1 aromatic carbocycles. The van der Waals surface area contributed by atoms with Gasteiger partial charge in [-0.2, -0.15) is 0 Å². The second-order valence-corrected chi connectivity index (χ2v) is 16.0. The van der Waals surface area contributed by atoms with E-state index in [0.29, 0.717) is 23.3 Å². The predicted molar refractivity (Wildman–Crippen MR) is 126 cm³/mol. The van der Waals surface area contributed by atoms with Crippen LogP contribution in [0.3, 0.4) is 0 Å². The molecule has 172 valence electrons. The third-order valence-corrected chi connectivity index (χ3v) is 11.1. The molecule has 1 aliphatic rings. The summed E-state index contributed by atoms with van der Waals surface area (Å²) in [6, 6.07) is 7.63. The SMILES string of the molecule is CC(C)(C)S(=O)(=O)CC1CCC(CCc2ccc(NS(=O)(=O)C(C)(C)C)cc2)CC1. The van der Waals surface area contributed by atoms with Crippen LogP contribution in [0.1, 0.15) is 79.2 Å². The lowest BCUT2D eigenvalue weighted by Gasteiger charge is -2.30. The van der Waals surface area contributed by atoms with E-state index in [1.54, 1.807) is 41.5 Å². The third-order valence-electron chi connectivity index (χ3n) is 6.21. The Labute approximate surface area is 184 Å². The van der Waals surface area contributed by atoms with E-state index in [-0.39, 0.29) is 0 Å². The molecular weight excluding hydrogens is 418 g/mol. The molecule has 1 saturated carbocycles. The molecule has 1 aromatic rings. The summed E-state index contributed by atoms with van der Waals surface area (Å²) in [5, 5.41) is 0. The van der Waals surface area contributed by atoms with Crippen molar-refractivity contribution in [3.63, 3.8) is 0 Å². The summed E-state index contributed by atoms with van der Waals surface area (Å²) in [7, 11) is -6.46. The second kappa shape index (κ2) is 9.19. The number of benzene rings is 1. The highest BCUT2D eigenvalue weighted by atomic mass is 32.2. The number of nitrogens with one attached hydrogen (secondary N) is 1. The van der Waals surface area contributed by atoms with E-state index in [1.807, 2.05) is 24.3 Å². The van der Waals surface area contributed by atoms with Crippen molar-refractivity contribution in [1.82, 2.24) is 0 Å². The van der Waals surface area contributed by atoms with Gasteiger partial charge in [-0.15, -0.1) is 0 Å². The summed E-state index contributed by atoms with van der Waals surface area (Å²) in [6.45, 7) is 10.4. The van der Waals surface area contributed by atoms with E-state index in [4.69, 9.17) is 0 Å². The minimum atomic E-state index is -3.41. The molecular formula is C23H39NO4S2. The smallest absolute Gasteiger partial charge is 0.237 e. The number of sulfonamides is 1. The zero-order chi connectivity index (χ0) is 22.8. The van der Waals surface area contributed by atoms with Gasteiger partial charge in [-0.25, -0.2) is 16.8 Å². The topological polar surface area (TPSA) is 80.3 Å². The van der Waals surface area contributed by atoms with E-state index >= 15 is 0 Å². The Morgan fingerprint density at radius 2 is 1.30 bits per heavy atom.